The number of piperidine rings is 1. The van der Waals surface area contributed by atoms with Gasteiger partial charge in [-0.2, -0.15) is 0 Å². The number of rotatable bonds is 5. The molecule has 4 heterocycles. The van der Waals surface area contributed by atoms with Crippen LogP contribution in [0, 0.1) is 6.92 Å². The highest BCUT2D eigenvalue weighted by atomic mass is 16.5. The highest BCUT2D eigenvalue weighted by Gasteiger charge is 2.34. The maximum atomic E-state index is 13.4. The lowest BCUT2D eigenvalue weighted by molar-refractivity contribution is 0.0564. The zero-order chi connectivity index (χ0) is 22.1. The molecule has 0 radical (unpaired) electrons. The predicted molar refractivity (Wildman–Crippen MR) is 115 cm³/mol. The van der Waals surface area contributed by atoms with E-state index in [-0.39, 0.29) is 23.6 Å². The number of nitrogens with zero attached hydrogens (tertiary/aromatic N) is 6. The first-order chi connectivity index (χ1) is 14.8. The van der Waals surface area contributed by atoms with Gasteiger partial charge in [0.15, 0.2) is 5.76 Å². The van der Waals surface area contributed by atoms with Crippen molar-refractivity contribution in [1.82, 2.24) is 25.2 Å². The van der Waals surface area contributed by atoms with E-state index in [1.54, 1.807) is 12.3 Å². The summed E-state index contributed by atoms with van der Waals surface area (Å²) in [6.45, 7) is 6.53. The summed E-state index contributed by atoms with van der Waals surface area (Å²) in [5, 5.41) is 8.07. The average molecular weight is 425 g/mol. The molecule has 0 aliphatic carbocycles. The second-order valence-corrected chi connectivity index (χ2v) is 8.48. The van der Waals surface area contributed by atoms with E-state index in [9.17, 15) is 4.79 Å². The van der Waals surface area contributed by atoms with Gasteiger partial charge in [0.1, 0.15) is 0 Å². The summed E-state index contributed by atoms with van der Waals surface area (Å²) in [4.78, 5) is 26.4. The molecule has 0 bridgehead atoms. The minimum Gasteiger partial charge on any atom is -0.356 e. The van der Waals surface area contributed by atoms with Crippen molar-refractivity contribution >= 4 is 11.9 Å². The second kappa shape index (κ2) is 8.49. The van der Waals surface area contributed by atoms with Crippen LogP contribution in [0.3, 0.4) is 0 Å². The Labute approximate surface area is 181 Å². The molecule has 1 saturated heterocycles. The molecule has 3 aromatic rings. The van der Waals surface area contributed by atoms with E-state index in [1.165, 1.54) is 0 Å². The Hall–Kier alpha value is -3.23. The molecule has 0 spiro atoms. The summed E-state index contributed by atoms with van der Waals surface area (Å²) in [6.07, 6.45) is 4.47. The molecule has 0 aromatic carbocycles. The summed E-state index contributed by atoms with van der Waals surface area (Å²) in [6, 6.07) is 3.37. The standard InChI is InChI=1S/C22H28N6O3/c1-13(2)16-11-19(31-26-16)21(29)28-9-7-6-8-17(28)20-15(18-10-14(3)25-30-18)12-23-22(24-20)27(4)5/h10-13,17H,6-9H2,1-5H3. The molecule has 3 aromatic heterocycles. The molecule has 164 valence electrons. The van der Waals surface area contributed by atoms with Gasteiger partial charge in [0.05, 0.1) is 28.7 Å². The van der Waals surface area contributed by atoms with Crippen molar-refractivity contribution in [3.05, 3.63) is 41.2 Å². The van der Waals surface area contributed by atoms with Gasteiger partial charge in [-0.25, -0.2) is 9.97 Å². The van der Waals surface area contributed by atoms with Crippen LogP contribution in [0.15, 0.2) is 27.4 Å². The first-order valence-electron chi connectivity index (χ1n) is 10.6. The van der Waals surface area contributed by atoms with Crippen molar-refractivity contribution in [2.24, 2.45) is 0 Å². The smallest absolute Gasteiger partial charge is 0.293 e. The third-order valence-electron chi connectivity index (χ3n) is 5.51. The molecular weight excluding hydrogens is 396 g/mol. The van der Waals surface area contributed by atoms with Gasteiger partial charge >= 0.3 is 0 Å². The minimum absolute atomic E-state index is 0.172. The molecule has 1 fully saturated rings. The van der Waals surface area contributed by atoms with Crippen LogP contribution < -0.4 is 4.90 Å². The monoisotopic (exact) mass is 424 g/mol. The average Bonchev–Trinajstić information content (AvgIpc) is 3.42. The van der Waals surface area contributed by atoms with Gasteiger partial charge in [-0.05, 0) is 32.1 Å². The van der Waals surface area contributed by atoms with E-state index in [2.05, 4.69) is 15.3 Å². The Morgan fingerprint density at radius 1 is 1.19 bits per heavy atom. The van der Waals surface area contributed by atoms with Gasteiger partial charge < -0.3 is 18.8 Å². The van der Waals surface area contributed by atoms with Crippen LogP contribution in [-0.4, -0.2) is 51.7 Å². The number of aryl methyl sites for hydroxylation is 1. The summed E-state index contributed by atoms with van der Waals surface area (Å²) < 4.78 is 10.9. The van der Waals surface area contributed by atoms with Gasteiger partial charge in [0.2, 0.25) is 11.7 Å². The number of hydrogen-bond acceptors (Lipinski definition) is 8. The topological polar surface area (TPSA) is 101 Å². The zero-order valence-corrected chi connectivity index (χ0v) is 18.6. The summed E-state index contributed by atoms with van der Waals surface area (Å²) in [5.41, 5.74) is 3.05. The molecule has 9 nitrogen and oxygen atoms in total. The summed E-state index contributed by atoms with van der Waals surface area (Å²) in [5.74, 6) is 1.45. The lowest BCUT2D eigenvalue weighted by Crippen LogP contribution is -2.39. The fraction of sp³-hybridized carbons (Fsp3) is 0.500. The van der Waals surface area contributed by atoms with Crippen LogP contribution in [0.4, 0.5) is 5.95 Å². The van der Waals surface area contributed by atoms with Crippen molar-refractivity contribution in [1.29, 1.82) is 0 Å². The van der Waals surface area contributed by atoms with Crippen LogP contribution in [0.25, 0.3) is 11.3 Å². The molecule has 0 N–H and O–H groups in total. The number of aromatic nitrogens is 4. The number of likely N-dealkylation sites (tertiary alicyclic amines) is 1. The number of amides is 1. The third-order valence-corrected chi connectivity index (χ3v) is 5.51. The maximum Gasteiger partial charge on any atom is 0.293 e. The molecule has 1 atom stereocenters. The number of carbonyl (C=O) groups excluding carboxylic acids is 1. The highest BCUT2D eigenvalue weighted by Crippen LogP contribution is 2.37. The number of hydrogen-bond donors (Lipinski definition) is 0. The molecule has 1 aliphatic heterocycles. The van der Waals surface area contributed by atoms with Crippen LogP contribution in [0.2, 0.25) is 0 Å². The maximum absolute atomic E-state index is 13.4. The van der Waals surface area contributed by atoms with E-state index < -0.39 is 0 Å². The second-order valence-electron chi connectivity index (χ2n) is 8.48. The van der Waals surface area contributed by atoms with E-state index in [0.29, 0.717) is 18.3 Å². The number of carbonyl (C=O) groups is 1. The Bertz CT molecular complexity index is 1070. The fourth-order valence-electron chi connectivity index (χ4n) is 3.80. The summed E-state index contributed by atoms with van der Waals surface area (Å²) in [7, 11) is 3.78. The number of anilines is 1. The molecule has 1 amide bonds. The first kappa shape index (κ1) is 21.0. The van der Waals surface area contributed by atoms with Gasteiger partial charge in [-0.1, -0.05) is 24.2 Å². The van der Waals surface area contributed by atoms with Gasteiger partial charge in [0, 0.05) is 39.0 Å². The van der Waals surface area contributed by atoms with Crippen molar-refractivity contribution in [3.8, 4) is 11.3 Å². The van der Waals surface area contributed by atoms with Crippen molar-refractivity contribution in [2.75, 3.05) is 25.5 Å². The SMILES string of the molecule is Cc1cc(-c2cnc(N(C)C)nc2C2CCCCN2C(=O)c2cc(C(C)C)no2)on1. The van der Waals surface area contributed by atoms with Crippen LogP contribution in [-0.2, 0) is 0 Å². The molecular formula is C22H28N6O3. The largest absolute Gasteiger partial charge is 0.356 e. The quantitative estimate of drug-likeness (QED) is 0.606. The molecule has 1 aliphatic rings. The normalized spacial score (nSPS) is 16.7. The van der Waals surface area contributed by atoms with Crippen LogP contribution in [0.5, 0.6) is 0 Å². The highest BCUT2D eigenvalue weighted by molar-refractivity contribution is 5.92. The minimum atomic E-state index is -0.226. The molecule has 1 unspecified atom stereocenters. The fourth-order valence-corrected chi connectivity index (χ4v) is 3.80. The Balaban J connectivity index is 1.76. The Morgan fingerprint density at radius 2 is 2.00 bits per heavy atom. The van der Waals surface area contributed by atoms with E-state index in [4.69, 9.17) is 14.0 Å². The zero-order valence-electron chi connectivity index (χ0n) is 18.6. The molecule has 9 heteroatoms. The lowest BCUT2D eigenvalue weighted by Gasteiger charge is -2.35. The molecule has 0 saturated carbocycles. The van der Waals surface area contributed by atoms with E-state index >= 15 is 0 Å². The molecule has 4 rings (SSSR count). The third kappa shape index (κ3) is 4.17. The first-order valence-corrected chi connectivity index (χ1v) is 10.6. The van der Waals surface area contributed by atoms with Crippen LogP contribution >= 0.6 is 0 Å². The van der Waals surface area contributed by atoms with Crippen molar-refractivity contribution < 1.29 is 13.8 Å². The Kier molecular flexibility index (Phi) is 5.75. The van der Waals surface area contributed by atoms with Crippen LogP contribution in [0.1, 0.15) is 72.7 Å². The van der Waals surface area contributed by atoms with Gasteiger partial charge in [-0.15, -0.1) is 0 Å². The van der Waals surface area contributed by atoms with Gasteiger partial charge in [-0.3, -0.25) is 4.79 Å². The summed E-state index contributed by atoms with van der Waals surface area (Å²) >= 11 is 0. The lowest BCUT2D eigenvalue weighted by atomic mass is 9.95. The predicted octanol–water partition coefficient (Wildman–Crippen LogP) is 3.98. The van der Waals surface area contributed by atoms with Crippen molar-refractivity contribution in [2.45, 2.75) is 52.0 Å². The van der Waals surface area contributed by atoms with E-state index in [0.717, 1.165) is 41.9 Å². The van der Waals surface area contributed by atoms with Gasteiger partial charge in [0.25, 0.3) is 5.91 Å². The molecule has 31 heavy (non-hydrogen) atoms. The van der Waals surface area contributed by atoms with Crippen molar-refractivity contribution in [3.63, 3.8) is 0 Å². The van der Waals surface area contributed by atoms with E-state index in [1.807, 2.05) is 50.7 Å². The Morgan fingerprint density at radius 3 is 2.65 bits per heavy atom.